The van der Waals surface area contributed by atoms with Crippen LogP contribution in [0.5, 0.6) is 0 Å². The molecule has 1 aromatic carbocycles. The van der Waals surface area contributed by atoms with Gasteiger partial charge < -0.3 is 5.32 Å². The minimum absolute atomic E-state index is 0.241. The highest BCUT2D eigenvalue weighted by Crippen LogP contribution is 2.44. The molecule has 3 rings (SSSR count). The molecule has 6 nitrogen and oxygen atoms in total. The molecule has 1 saturated heterocycles. The average molecular weight is 315 g/mol. The predicted molar refractivity (Wildman–Crippen MR) is 85.8 cm³/mol. The standard InChI is InChI=1S/C17H21N3O3/c1-4-11(5-2)9-20-16(23)19-15(22)17(20)12-8-10(3)6-7-13(12)18-14(17)21/h6-8,11H,4-5,9H2,1-3H3,(H,18,21)(H,19,22,23)/t17-/m1/s1. The van der Waals surface area contributed by atoms with E-state index >= 15 is 0 Å². The van der Waals surface area contributed by atoms with Crippen LogP contribution in [-0.4, -0.2) is 29.3 Å². The van der Waals surface area contributed by atoms with Gasteiger partial charge in [0.2, 0.25) is 5.54 Å². The van der Waals surface area contributed by atoms with Crippen LogP contribution in [0.1, 0.15) is 37.8 Å². The monoisotopic (exact) mass is 315 g/mol. The lowest BCUT2D eigenvalue weighted by molar-refractivity contribution is -0.137. The second kappa shape index (κ2) is 5.37. The number of nitrogens with one attached hydrogen (secondary N) is 2. The van der Waals surface area contributed by atoms with Gasteiger partial charge in [-0.05, 0) is 18.9 Å². The summed E-state index contributed by atoms with van der Waals surface area (Å²) in [7, 11) is 0. The molecule has 0 unspecified atom stereocenters. The molecule has 1 atom stereocenters. The Morgan fingerprint density at radius 3 is 2.39 bits per heavy atom. The zero-order chi connectivity index (χ0) is 16.8. The SMILES string of the molecule is CCC(CC)CN1C(=O)NC(=O)[C@@]12C(=O)Nc1ccc(C)cc12. The highest BCUT2D eigenvalue weighted by molar-refractivity contribution is 6.26. The molecule has 1 spiro atoms. The second-order valence-electron chi connectivity index (χ2n) is 6.27. The lowest BCUT2D eigenvalue weighted by atomic mass is 9.87. The Balaban J connectivity index is 2.14. The molecule has 0 bridgehead atoms. The molecule has 2 aliphatic rings. The number of imide groups is 1. The summed E-state index contributed by atoms with van der Waals surface area (Å²) in [5.74, 6) is -0.770. The van der Waals surface area contributed by atoms with Crippen molar-refractivity contribution in [1.82, 2.24) is 10.2 Å². The Hall–Kier alpha value is -2.37. The summed E-state index contributed by atoms with van der Waals surface area (Å²) >= 11 is 0. The second-order valence-corrected chi connectivity index (χ2v) is 6.27. The van der Waals surface area contributed by atoms with Crippen LogP contribution in [-0.2, 0) is 15.1 Å². The highest BCUT2D eigenvalue weighted by atomic mass is 16.2. The van der Waals surface area contributed by atoms with E-state index < -0.39 is 23.4 Å². The van der Waals surface area contributed by atoms with E-state index in [1.807, 2.05) is 32.9 Å². The number of benzene rings is 1. The Kier molecular flexibility index (Phi) is 3.62. The van der Waals surface area contributed by atoms with Crippen molar-refractivity contribution in [2.45, 2.75) is 39.2 Å². The van der Waals surface area contributed by atoms with E-state index in [1.54, 1.807) is 6.07 Å². The maximum absolute atomic E-state index is 12.7. The molecule has 2 N–H and O–H groups in total. The van der Waals surface area contributed by atoms with Crippen molar-refractivity contribution in [2.24, 2.45) is 5.92 Å². The first kappa shape index (κ1) is 15.5. The zero-order valence-corrected chi connectivity index (χ0v) is 13.6. The third kappa shape index (κ3) is 2.04. The van der Waals surface area contributed by atoms with E-state index in [4.69, 9.17) is 0 Å². The van der Waals surface area contributed by atoms with E-state index in [0.29, 0.717) is 17.8 Å². The van der Waals surface area contributed by atoms with Gasteiger partial charge in [-0.3, -0.25) is 19.8 Å². The molecular weight excluding hydrogens is 294 g/mol. The summed E-state index contributed by atoms with van der Waals surface area (Å²) in [5, 5.41) is 5.09. The molecule has 2 aliphatic heterocycles. The van der Waals surface area contributed by atoms with Gasteiger partial charge >= 0.3 is 6.03 Å². The van der Waals surface area contributed by atoms with Crippen molar-refractivity contribution < 1.29 is 14.4 Å². The number of hydrogen-bond acceptors (Lipinski definition) is 3. The van der Waals surface area contributed by atoms with Crippen LogP contribution in [0.2, 0.25) is 0 Å². The van der Waals surface area contributed by atoms with Crippen molar-refractivity contribution in [3.8, 4) is 0 Å². The van der Waals surface area contributed by atoms with Crippen LogP contribution in [0.4, 0.5) is 10.5 Å². The minimum Gasteiger partial charge on any atom is -0.323 e. The maximum atomic E-state index is 12.7. The molecule has 6 heteroatoms. The molecular formula is C17H21N3O3. The molecule has 0 saturated carbocycles. The van der Waals surface area contributed by atoms with E-state index in [-0.39, 0.29) is 5.92 Å². The number of carbonyl (C=O) groups is 3. The van der Waals surface area contributed by atoms with Gasteiger partial charge in [0.05, 0.1) is 0 Å². The van der Waals surface area contributed by atoms with Crippen LogP contribution in [0, 0.1) is 12.8 Å². The fraction of sp³-hybridized carbons (Fsp3) is 0.471. The van der Waals surface area contributed by atoms with Crippen LogP contribution in [0.25, 0.3) is 0 Å². The van der Waals surface area contributed by atoms with Gasteiger partial charge in [-0.1, -0.05) is 44.4 Å². The molecule has 1 fully saturated rings. The van der Waals surface area contributed by atoms with Crippen molar-refractivity contribution in [3.63, 3.8) is 0 Å². The Morgan fingerprint density at radius 1 is 1.09 bits per heavy atom. The van der Waals surface area contributed by atoms with Gasteiger partial charge in [-0.25, -0.2) is 4.79 Å². The largest absolute Gasteiger partial charge is 0.325 e. The molecule has 2 heterocycles. The quantitative estimate of drug-likeness (QED) is 0.660. The van der Waals surface area contributed by atoms with Gasteiger partial charge in [-0.2, -0.15) is 0 Å². The third-order valence-corrected chi connectivity index (χ3v) is 4.94. The molecule has 0 aliphatic carbocycles. The Morgan fingerprint density at radius 2 is 1.74 bits per heavy atom. The number of anilines is 1. The zero-order valence-electron chi connectivity index (χ0n) is 13.6. The number of carbonyl (C=O) groups excluding carboxylic acids is 3. The van der Waals surface area contributed by atoms with Gasteiger partial charge in [-0.15, -0.1) is 0 Å². The van der Waals surface area contributed by atoms with Gasteiger partial charge in [0.25, 0.3) is 11.8 Å². The van der Waals surface area contributed by atoms with E-state index in [1.165, 1.54) is 4.90 Å². The van der Waals surface area contributed by atoms with Crippen LogP contribution >= 0.6 is 0 Å². The average Bonchev–Trinajstić information content (AvgIpc) is 2.94. The number of fused-ring (bicyclic) bond motifs is 2. The predicted octanol–water partition coefficient (Wildman–Crippen LogP) is 2.13. The molecule has 4 amide bonds. The van der Waals surface area contributed by atoms with Crippen molar-refractivity contribution in [3.05, 3.63) is 29.3 Å². The van der Waals surface area contributed by atoms with Crippen LogP contribution < -0.4 is 10.6 Å². The fourth-order valence-corrected chi connectivity index (χ4v) is 3.45. The number of urea groups is 1. The van der Waals surface area contributed by atoms with E-state index in [9.17, 15) is 14.4 Å². The number of nitrogens with zero attached hydrogens (tertiary/aromatic N) is 1. The van der Waals surface area contributed by atoms with Gasteiger partial charge in [0.1, 0.15) is 0 Å². The van der Waals surface area contributed by atoms with Gasteiger partial charge in [0.15, 0.2) is 0 Å². The summed E-state index contributed by atoms with van der Waals surface area (Å²) in [5.41, 5.74) is 0.534. The maximum Gasteiger partial charge on any atom is 0.325 e. The molecule has 122 valence electrons. The normalized spacial score (nSPS) is 22.8. The molecule has 23 heavy (non-hydrogen) atoms. The first-order valence-corrected chi connectivity index (χ1v) is 8.00. The first-order chi connectivity index (χ1) is 10.9. The molecule has 1 aromatic rings. The fourth-order valence-electron chi connectivity index (χ4n) is 3.45. The smallest absolute Gasteiger partial charge is 0.323 e. The minimum atomic E-state index is -1.57. The summed E-state index contributed by atoms with van der Waals surface area (Å²) in [6, 6.07) is 4.97. The van der Waals surface area contributed by atoms with Crippen LogP contribution in [0.15, 0.2) is 18.2 Å². The van der Waals surface area contributed by atoms with Crippen molar-refractivity contribution in [2.75, 3.05) is 11.9 Å². The number of aryl methyl sites for hydroxylation is 1. The Bertz CT molecular complexity index is 696. The van der Waals surface area contributed by atoms with Crippen molar-refractivity contribution in [1.29, 1.82) is 0 Å². The number of rotatable bonds is 4. The first-order valence-electron chi connectivity index (χ1n) is 8.00. The summed E-state index contributed by atoms with van der Waals surface area (Å²) in [6.45, 7) is 6.37. The topological polar surface area (TPSA) is 78.5 Å². The Labute approximate surface area is 135 Å². The summed E-state index contributed by atoms with van der Waals surface area (Å²) < 4.78 is 0. The van der Waals surface area contributed by atoms with E-state index in [2.05, 4.69) is 10.6 Å². The highest BCUT2D eigenvalue weighted by Gasteiger charge is 2.63. The third-order valence-electron chi connectivity index (χ3n) is 4.94. The molecule has 0 radical (unpaired) electrons. The lowest BCUT2D eigenvalue weighted by Gasteiger charge is -2.32. The number of amides is 4. The van der Waals surface area contributed by atoms with Gasteiger partial charge in [0, 0.05) is 17.8 Å². The number of hydrogen-bond donors (Lipinski definition) is 2. The summed E-state index contributed by atoms with van der Waals surface area (Å²) in [4.78, 5) is 39.1. The van der Waals surface area contributed by atoms with E-state index in [0.717, 1.165) is 18.4 Å². The summed E-state index contributed by atoms with van der Waals surface area (Å²) in [6.07, 6.45) is 1.76. The van der Waals surface area contributed by atoms with Crippen LogP contribution in [0.3, 0.4) is 0 Å². The lowest BCUT2D eigenvalue weighted by Crippen LogP contribution is -2.53. The molecule has 0 aromatic heterocycles. The van der Waals surface area contributed by atoms with Crippen molar-refractivity contribution >= 4 is 23.5 Å².